The molecule has 0 bridgehead atoms. The zero-order chi connectivity index (χ0) is 17.3. The number of halogens is 2. The van der Waals surface area contributed by atoms with Crippen LogP contribution in [-0.4, -0.2) is 11.9 Å². The molecule has 3 rings (SSSR count). The summed E-state index contributed by atoms with van der Waals surface area (Å²) in [5, 5.41) is 2.98. The standard InChI is InChI=1S/C18H13Cl2N3O/c19-12-6-7-16(20)15(9-12)13-3-1-2-10-4-5-11(8-14(10)13)17(24)23-18(21)22/h1-9H,(H4,21,22,23,24). The number of fused-ring (bicyclic) bond motifs is 1. The maximum Gasteiger partial charge on any atom is 0.280 e. The molecule has 0 saturated heterocycles. The van der Waals surface area contributed by atoms with Crippen molar-refractivity contribution in [3.63, 3.8) is 0 Å². The van der Waals surface area contributed by atoms with Gasteiger partial charge in [-0.25, -0.2) is 0 Å². The normalized spacial score (nSPS) is 10.6. The Morgan fingerprint density at radius 3 is 2.46 bits per heavy atom. The summed E-state index contributed by atoms with van der Waals surface area (Å²) >= 11 is 12.4. The topological polar surface area (TPSA) is 81.5 Å². The first-order valence-electron chi connectivity index (χ1n) is 7.08. The van der Waals surface area contributed by atoms with E-state index < -0.39 is 5.91 Å². The van der Waals surface area contributed by atoms with Crippen molar-refractivity contribution in [3.8, 4) is 11.1 Å². The molecule has 0 radical (unpaired) electrons. The van der Waals surface area contributed by atoms with Crippen molar-refractivity contribution in [1.29, 1.82) is 0 Å². The van der Waals surface area contributed by atoms with Crippen LogP contribution in [0.2, 0.25) is 10.0 Å². The lowest BCUT2D eigenvalue weighted by Crippen LogP contribution is -2.24. The number of hydrogen-bond acceptors (Lipinski definition) is 1. The van der Waals surface area contributed by atoms with E-state index in [1.165, 1.54) is 0 Å². The molecule has 3 aromatic rings. The van der Waals surface area contributed by atoms with Crippen LogP contribution < -0.4 is 11.5 Å². The molecule has 0 saturated carbocycles. The SMILES string of the molecule is NC(N)=NC(=O)c1ccc2cccc(-c3cc(Cl)ccc3Cl)c2c1. The summed E-state index contributed by atoms with van der Waals surface area (Å²) in [4.78, 5) is 15.6. The van der Waals surface area contributed by atoms with Crippen LogP contribution in [-0.2, 0) is 0 Å². The number of aliphatic imine (C=N–C) groups is 1. The zero-order valence-corrected chi connectivity index (χ0v) is 14.0. The van der Waals surface area contributed by atoms with Gasteiger partial charge in [-0.3, -0.25) is 4.79 Å². The summed E-state index contributed by atoms with van der Waals surface area (Å²) in [6.45, 7) is 0. The van der Waals surface area contributed by atoms with E-state index in [4.69, 9.17) is 34.7 Å². The summed E-state index contributed by atoms with van der Waals surface area (Å²) in [5.41, 5.74) is 12.6. The van der Waals surface area contributed by atoms with Gasteiger partial charge in [-0.05, 0) is 46.7 Å². The Bertz CT molecular complexity index is 979. The van der Waals surface area contributed by atoms with E-state index in [0.717, 1.165) is 21.9 Å². The van der Waals surface area contributed by atoms with Gasteiger partial charge in [0, 0.05) is 21.2 Å². The smallest absolute Gasteiger partial charge is 0.280 e. The predicted molar refractivity (Wildman–Crippen MR) is 99.5 cm³/mol. The first kappa shape index (κ1) is 16.3. The van der Waals surface area contributed by atoms with E-state index in [0.29, 0.717) is 15.6 Å². The minimum atomic E-state index is -0.496. The Morgan fingerprint density at radius 1 is 0.917 bits per heavy atom. The quantitative estimate of drug-likeness (QED) is 0.531. The number of benzene rings is 3. The molecular formula is C18H13Cl2N3O. The Kier molecular flexibility index (Phi) is 4.42. The van der Waals surface area contributed by atoms with Gasteiger partial charge in [-0.2, -0.15) is 4.99 Å². The molecule has 0 unspecified atom stereocenters. The number of guanidine groups is 1. The summed E-state index contributed by atoms with van der Waals surface area (Å²) < 4.78 is 0. The molecule has 6 heteroatoms. The van der Waals surface area contributed by atoms with E-state index in [1.807, 2.05) is 24.3 Å². The third-order valence-electron chi connectivity index (χ3n) is 3.58. The monoisotopic (exact) mass is 357 g/mol. The molecule has 0 atom stereocenters. The van der Waals surface area contributed by atoms with Gasteiger partial charge in [0.25, 0.3) is 5.91 Å². The highest BCUT2D eigenvalue weighted by Gasteiger charge is 2.11. The lowest BCUT2D eigenvalue weighted by molar-refractivity contribution is 0.100. The Hall–Kier alpha value is -2.56. The predicted octanol–water partition coefficient (Wildman–Crippen LogP) is 4.23. The number of carbonyl (C=O) groups excluding carboxylic acids is 1. The number of carbonyl (C=O) groups is 1. The summed E-state index contributed by atoms with van der Waals surface area (Å²) in [6.07, 6.45) is 0. The number of nitrogens with two attached hydrogens (primary N) is 2. The van der Waals surface area contributed by atoms with E-state index in [1.54, 1.807) is 30.3 Å². The average molecular weight is 358 g/mol. The fourth-order valence-electron chi connectivity index (χ4n) is 2.53. The second-order valence-electron chi connectivity index (χ2n) is 5.21. The number of nitrogens with zero attached hydrogens (tertiary/aromatic N) is 1. The lowest BCUT2D eigenvalue weighted by Gasteiger charge is -2.10. The molecular weight excluding hydrogens is 345 g/mol. The fraction of sp³-hybridized carbons (Fsp3) is 0. The van der Waals surface area contributed by atoms with Gasteiger partial charge in [-0.15, -0.1) is 0 Å². The molecule has 1 amide bonds. The molecule has 4 nitrogen and oxygen atoms in total. The minimum Gasteiger partial charge on any atom is -0.370 e. The van der Waals surface area contributed by atoms with Crippen LogP contribution in [0.25, 0.3) is 21.9 Å². The lowest BCUT2D eigenvalue weighted by atomic mass is 9.96. The Labute approximate surface area is 148 Å². The van der Waals surface area contributed by atoms with Crippen molar-refractivity contribution in [2.75, 3.05) is 0 Å². The fourth-order valence-corrected chi connectivity index (χ4v) is 2.92. The van der Waals surface area contributed by atoms with Crippen molar-refractivity contribution < 1.29 is 4.79 Å². The summed E-state index contributed by atoms with van der Waals surface area (Å²) in [6, 6.07) is 16.3. The van der Waals surface area contributed by atoms with Crippen molar-refractivity contribution in [2.45, 2.75) is 0 Å². The molecule has 0 aromatic heterocycles. The van der Waals surface area contributed by atoms with Gasteiger partial charge >= 0.3 is 0 Å². The maximum absolute atomic E-state index is 12.1. The molecule has 120 valence electrons. The average Bonchev–Trinajstić information content (AvgIpc) is 2.55. The van der Waals surface area contributed by atoms with Gasteiger partial charge in [0.05, 0.1) is 0 Å². The molecule has 0 aliphatic rings. The second-order valence-corrected chi connectivity index (χ2v) is 6.05. The van der Waals surface area contributed by atoms with Crippen LogP contribution in [0.3, 0.4) is 0 Å². The van der Waals surface area contributed by atoms with Crippen LogP contribution in [0, 0.1) is 0 Å². The van der Waals surface area contributed by atoms with Gasteiger partial charge in [-0.1, -0.05) is 47.5 Å². The van der Waals surface area contributed by atoms with Crippen molar-refractivity contribution in [2.24, 2.45) is 16.5 Å². The van der Waals surface area contributed by atoms with E-state index in [9.17, 15) is 4.79 Å². The third kappa shape index (κ3) is 3.20. The highest BCUT2D eigenvalue weighted by Crippen LogP contribution is 2.35. The van der Waals surface area contributed by atoms with Gasteiger partial charge in [0.1, 0.15) is 0 Å². The summed E-state index contributed by atoms with van der Waals surface area (Å²) in [7, 11) is 0. The Morgan fingerprint density at radius 2 is 1.71 bits per heavy atom. The van der Waals surface area contributed by atoms with E-state index >= 15 is 0 Å². The maximum atomic E-state index is 12.1. The Balaban J connectivity index is 2.24. The molecule has 0 fully saturated rings. The largest absolute Gasteiger partial charge is 0.370 e. The van der Waals surface area contributed by atoms with Gasteiger partial charge in [0.15, 0.2) is 5.96 Å². The van der Waals surface area contributed by atoms with Crippen LogP contribution in [0.5, 0.6) is 0 Å². The highest BCUT2D eigenvalue weighted by atomic mass is 35.5. The number of amides is 1. The van der Waals surface area contributed by atoms with E-state index in [-0.39, 0.29) is 5.96 Å². The molecule has 0 aliphatic carbocycles. The first-order valence-corrected chi connectivity index (χ1v) is 7.83. The molecule has 0 heterocycles. The van der Waals surface area contributed by atoms with Gasteiger partial charge in [0.2, 0.25) is 0 Å². The molecule has 24 heavy (non-hydrogen) atoms. The zero-order valence-electron chi connectivity index (χ0n) is 12.5. The highest BCUT2D eigenvalue weighted by molar-refractivity contribution is 6.35. The molecule has 0 aliphatic heterocycles. The van der Waals surface area contributed by atoms with Crippen LogP contribution >= 0.6 is 23.2 Å². The molecule has 3 aromatic carbocycles. The van der Waals surface area contributed by atoms with E-state index in [2.05, 4.69) is 4.99 Å². The van der Waals surface area contributed by atoms with Crippen molar-refractivity contribution in [3.05, 3.63) is 70.2 Å². The molecule has 0 spiro atoms. The number of hydrogen-bond donors (Lipinski definition) is 2. The van der Waals surface area contributed by atoms with Crippen molar-refractivity contribution >= 4 is 45.8 Å². The van der Waals surface area contributed by atoms with Crippen LogP contribution in [0.4, 0.5) is 0 Å². The second kappa shape index (κ2) is 6.51. The van der Waals surface area contributed by atoms with Crippen LogP contribution in [0.15, 0.2) is 59.6 Å². The minimum absolute atomic E-state index is 0.272. The van der Waals surface area contributed by atoms with Gasteiger partial charge < -0.3 is 11.5 Å². The summed E-state index contributed by atoms with van der Waals surface area (Å²) in [5.74, 6) is -0.768. The number of rotatable bonds is 2. The third-order valence-corrected chi connectivity index (χ3v) is 4.14. The molecule has 4 N–H and O–H groups in total. The first-order chi connectivity index (χ1) is 11.5. The van der Waals surface area contributed by atoms with Crippen molar-refractivity contribution in [1.82, 2.24) is 0 Å². The van der Waals surface area contributed by atoms with Crippen LogP contribution in [0.1, 0.15) is 10.4 Å².